The van der Waals surface area contributed by atoms with Crippen LogP contribution in [-0.4, -0.2) is 40.5 Å². The zero-order valence-electron chi connectivity index (χ0n) is 13.8. The summed E-state index contributed by atoms with van der Waals surface area (Å²) in [6.07, 6.45) is 1.52. The first-order chi connectivity index (χ1) is 11.3. The van der Waals surface area contributed by atoms with Gasteiger partial charge in [-0.1, -0.05) is 12.1 Å². The van der Waals surface area contributed by atoms with Crippen LogP contribution in [0.2, 0.25) is 0 Å². The Morgan fingerprint density at radius 3 is 2.29 bits per heavy atom. The molecule has 0 saturated carbocycles. The third-order valence-corrected chi connectivity index (χ3v) is 4.85. The second kappa shape index (κ2) is 7.41. The van der Waals surface area contributed by atoms with Crippen molar-refractivity contribution in [1.82, 2.24) is 15.0 Å². The Morgan fingerprint density at radius 2 is 1.79 bits per heavy atom. The van der Waals surface area contributed by atoms with E-state index in [9.17, 15) is 13.2 Å². The van der Waals surface area contributed by atoms with Crippen LogP contribution in [0.25, 0.3) is 0 Å². The van der Waals surface area contributed by atoms with Crippen LogP contribution in [0, 0.1) is 0 Å². The normalized spacial score (nSPS) is 11.1. The fourth-order valence-corrected chi connectivity index (χ4v) is 2.70. The third kappa shape index (κ3) is 4.30. The number of nitrogens with one attached hydrogen (secondary N) is 2. The minimum atomic E-state index is -3.45. The number of hydrogen-bond acceptors (Lipinski definition) is 5. The van der Waals surface area contributed by atoms with Crippen LogP contribution in [0.15, 0.2) is 47.5 Å². The first-order valence-electron chi connectivity index (χ1n) is 7.27. The van der Waals surface area contributed by atoms with Crippen molar-refractivity contribution in [3.05, 3.63) is 53.7 Å². The van der Waals surface area contributed by atoms with Crippen LogP contribution in [-0.2, 0) is 16.6 Å². The maximum Gasteiger partial charge on any atom is 0.253 e. The van der Waals surface area contributed by atoms with Gasteiger partial charge < -0.3 is 10.2 Å². The van der Waals surface area contributed by atoms with Gasteiger partial charge in [-0.25, -0.2) is 18.1 Å². The predicted molar refractivity (Wildman–Crippen MR) is 92.4 cm³/mol. The van der Waals surface area contributed by atoms with Crippen molar-refractivity contribution in [2.75, 3.05) is 26.0 Å². The van der Waals surface area contributed by atoms with E-state index in [-0.39, 0.29) is 10.8 Å². The highest BCUT2D eigenvalue weighted by Gasteiger charge is 2.11. The molecule has 1 aromatic carbocycles. The molecular weight excluding hydrogens is 328 g/mol. The van der Waals surface area contributed by atoms with Crippen molar-refractivity contribution in [1.29, 1.82) is 0 Å². The lowest BCUT2D eigenvalue weighted by atomic mass is 10.2. The SMILES string of the molecule is CNS(=O)(=O)c1ccc(CNC(=O)c2ccc(N(C)C)nc2)cc1. The predicted octanol–water partition coefficient (Wildman–Crippen LogP) is 0.986. The summed E-state index contributed by atoms with van der Waals surface area (Å²) in [6.45, 7) is 0.300. The molecule has 0 bridgehead atoms. The van der Waals surface area contributed by atoms with Crippen LogP contribution in [0.4, 0.5) is 5.82 Å². The van der Waals surface area contributed by atoms with Gasteiger partial charge in [-0.3, -0.25) is 4.79 Å². The largest absolute Gasteiger partial charge is 0.363 e. The highest BCUT2D eigenvalue weighted by atomic mass is 32.2. The minimum Gasteiger partial charge on any atom is -0.363 e. The van der Waals surface area contributed by atoms with Crippen molar-refractivity contribution in [3.8, 4) is 0 Å². The summed E-state index contributed by atoms with van der Waals surface area (Å²) in [5, 5.41) is 2.78. The van der Waals surface area contributed by atoms with Crippen molar-refractivity contribution >= 4 is 21.7 Å². The molecule has 7 nitrogen and oxygen atoms in total. The number of hydrogen-bond donors (Lipinski definition) is 2. The van der Waals surface area contributed by atoms with E-state index in [2.05, 4.69) is 15.0 Å². The number of aromatic nitrogens is 1. The minimum absolute atomic E-state index is 0.184. The quantitative estimate of drug-likeness (QED) is 0.812. The van der Waals surface area contributed by atoms with Crippen LogP contribution in [0.1, 0.15) is 15.9 Å². The van der Waals surface area contributed by atoms with Gasteiger partial charge in [-0.2, -0.15) is 0 Å². The van der Waals surface area contributed by atoms with Crippen LogP contribution < -0.4 is 14.9 Å². The molecule has 0 aliphatic carbocycles. The molecule has 2 N–H and O–H groups in total. The number of anilines is 1. The molecule has 0 fully saturated rings. The molecule has 0 unspecified atom stereocenters. The van der Waals surface area contributed by atoms with Crippen LogP contribution >= 0.6 is 0 Å². The van der Waals surface area contributed by atoms with Gasteiger partial charge >= 0.3 is 0 Å². The smallest absolute Gasteiger partial charge is 0.253 e. The van der Waals surface area contributed by atoms with E-state index >= 15 is 0 Å². The summed E-state index contributed by atoms with van der Waals surface area (Å²) in [4.78, 5) is 18.3. The Hall–Kier alpha value is -2.45. The summed E-state index contributed by atoms with van der Waals surface area (Å²) in [6, 6.07) is 9.81. The Labute approximate surface area is 141 Å². The molecule has 0 spiro atoms. The number of pyridine rings is 1. The van der Waals surface area contributed by atoms with Gasteiger partial charge in [0.15, 0.2) is 0 Å². The van der Waals surface area contributed by atoms with Gasteiger partial charge in [0, 0.05) is 26.8 Å². The lowest BCUT2D eigenvalue weighted by Crippen LogP contribution is -2.23. The van der Waals surface area contributed by atoms with E-state index in [0.29, 0.717) is 12.1 Å². The van der Waals surface area contributed by atoms with Crippen molar-refractivity contribution in [2.24, 2.45) is 0 Å². The summed E-state index contributed by atoms with van der Waals surface area (Å²) in [5.41, 5.74) is 1.27. The van der Waals surface area contributed by atoms with E-state index in [4.69, 9.17) is 0 Å². The number of rotatable bonds is 6. The molecule has 24 heavy (non-hydrogen) atoms. The van der Waals surface area contributed by atoms with Crippen LogP contribution in [0.5, 0.6) is 0 Å². The summed E-state index contributed by atoms with van der Waals surface area (Å²) in [7, 11) is 1.66. The lowest BCUT2D eigenvalue weighted by Gasteiger charge is -2.11. The average Bonchev–Trinajstić information content (AvgIpc) is 2.60. The Balaban J connectivity index is 1.99. The highest BCUT2D eigenvalue weighted by Crippen LogP contribution is 2.11. The molecule has 2 rings (SSSR count). The maximum absolute atomic E-state index is 12.1. The van der Waals surface area contributed by atoms with E-state index in [0.717, 1.165) is 11.4 Å². The maximum atomic E-state index is 12.1. The molecule has 128 valence electrons. The monoisotopic (exact) mass is 348 g/mol. The first kappa shape index (κ1) is 17.9. The van der Waals surface area contributed by atoms with Crippen LogP contribution in [0.3, 0.4) is 0 Å². The van der Waals surface area contributed by atoms with Gasteiger partial charge in [0.1, 0.15) is 5.82 Å². The molecule has 8 heteroatoms. The number of benzene rings is 1. The molecule has 1 amide bonds. The molecular formula is C16H20N4O3S. The standard InChI is InChI=1S/C16H20N4O3S/c1-17-24(22,23)14-7-4-12(5-8-14)10-19-16(21)13-6-9-15(18-11-13)20(2)3/h4-9,11,17H,10H2,1-3H3,(H,19,21). The van der Waals surface area contributed by atoms with Crippen molar-refractivity contribution < 1.29 is 13.2 Å². The summed E-state index contributed by atoms with van der Waals surface area (Å²) < 4.78 is 25.5. The lowest BCUT2D eigenvalue weighted by molar-refractivity contribution is 0.0950. The first-order valence-corrected chi connectivity index (χ1v) is 8.76. The molecule has 1 aromatic heterocycles. The number of nitrogens with zero attached hydrogens (tertiary/aromatic N) is 2. The number of carbonyl (C=O) groups excluding carboxylic acids is 1. The number of amides is 1. The molecule has 0 radical (unpaired) electrons. The number of sulfonamides is 1. The molecule has 0 saturated heterocycles. The van der Waals surface area contributed by atoms with Gasteiger partial charge in [0.25, 0.3) is 5.91 Å². The topological polar surface area (TPSA) is 91.4 Å². The van der Waals surface area contributed by atoms with E-state index < -0.39 is 10.0 Å². The Morgan fingerprint density at radius 1 is 1.12 bits per heavy atom. The zero-order valence-corrected chi connectivity index (χ0v) is 14.6. The highest BCUT2D eigenvalue weighted by molar-refractivity contribution is 7.89. The van der Waals surface area contributed by atoms with E-state index in [1.807, 2.05) is 19.0 Å². The Bertz CT molecular complexity index is 800. The third-order valence-electron chi connectivity index (χ3n) is 3.42. The van der Waals surface area contributed by atoms with E-state index in [1.54, 1.807) is 24.3 Å². The van der Waals surface area contributed by atoms with E-state index in [1.165, 1.54) is 25.4 Å². The summed E-state index contributed by atoms with van der Waals surface area (Å²) in [5.74, 6) is 0.535. The molecule has 2 aromatic rings. The molecule has 1 heterocycles. The van der Waals surface area contributed by atoms with Gasteiger partial charge in [0.05, 0.1) is 10.5 Å². The number of carbonyl (C=O) groups is 1. The van der Waals surface area contributed by atoms with Crippen molar-refractivity contribution in [3.63, 3.8) is 0 Å². The van der Waals surface area contributed by atoms with Gasteiger partial charge in [0.2, 0.25) is 10.0 Å². The fraction of sp³-hybridized carbons (Fsp3) is 0.250. The second-order valence-electron chi connectivity index (χ2n) is 5.33. The zero-order chi connectivity index (χ0) is 17.7. The summed E-state index contributed by atoms with van der Waals surface area (Å²) >= 11 is 0. The molecule has 0 aliphatic rings. The van der Waals surface area contributed by atoms with Gasteiger partial charge in [-0.15, -0.1) is 0 Å². The van der Waals surface area contributed by atoms with Gasteiger partial charge in [-0.05, 0) is 36.9 Å². The fourth-order valence-electron chi connectivity index (χ4n) is 1.97. The molecule has 0 aliphatic heterocycles. The average molecular weight is 348 g/mol. The second-order valence-corrected chi connectivity index (χ2v) is 7.22. The Kier molecular flexibility index (Phi) is 5.53. The van der Waals surface area contributed by atoms with Crippen molar-refractivity contribution in [2.45, 2.75) is 11.4 Å². The molecule has 0 atom stereocenters.